The van der Waals surface area contributed by atoms with E-state index in [2.05, 4.69) is 20.5 Å². The van der Waals surface area contributed by atoms with Crippen molar-refractivity contribution < 1.29 is 28.7 Å². The molecule has 3 fully saturated rings. The predicted molar refractivity (Wildman–Crippen MR) is 160 cm³/mol. The Hall–Kier alpha value is -3.78. The van der Waals surface area contributed by atoms with Crippen LogP contribution in [0.5, 0.6) is 5.75 Å². The lowest BCUT2D eigenvalue weighted by Gasteiger charge is -2.30. The molecule has 5 heterocycles. The van der Waals surface area contributed by atoms with E-state index in [9.17, 15) is 24.0 Å². The number of likely N-dealkylation sites (tertiary alicyclic amines) is 2. The van der Waals surface area contributed by atoms with Crippen molar-refractivity contribution in [3.8, 4) is 5.75 Å². The first-order chi connectivity index (χ1) is 21.2. The third kappa shape index (κ3) is 8.03. The van der Waals surface area contributed by atoms with Crippen molar-refractivity contribution >= 4 is 29.5 Å². The SMILES string of the molecule is CN1C[C@H](NC(=O)CN2CCCC2)C(=O)N(C)CC(=O)N2C[C@@H](NC(=O)CN3CCCC3)C[C@H]2COc2cncc(c2)C1=O. The van der Waals surface area contributed by atoms with Crippen LogP contribution in [0.25, 0.3) is 0 Å². The number of fused-ring (bicyclic) bond motifs is 3. The van der Waals surface area contributed by atoms with Crippen molar-refractivity contribution in [1.29, 1.82) is 0 Å². The summed E-state index contributed by atoms with van der Waals surface area (Å²) in [5.74, 6) is -1.17. The monoisotopic (exact) mass is 612 g/mol. The molecular formula is C30H44N8O6. The van der Waals surface area contributed by atoms with Crippen LogP contribution in [-0.2, 0) is 19.2 Å². The largest absolute Gasteiger partial charge is 0.490 e. The van der Waals surface area contributed by atoms with Gasteiger partial charge in [-0.05, 0) is 64.3 Å². The van der Waals surface area contributed by atoms with Crippen LogP contribution in [0, 0.1) is 0 Å². The molecule has 14 nitrogen and oxygen atoms in total. The van der Waals surface area contributed by atoms with E-state index < -0.39 is 11.9 Å². The number of nitrogens with zero attached hydrogens (tertiary/aromatic N) is 6. The summed E-state index contributed by atoms with van der Waals surface area (Å²) < 4.78 is 6.02. The Morgan fingerprint density at radius 3 is 2.18 bits per heavy atom. The highest BCUT2D eigenvalue weighted by molar-refractivity contribution is 5.95. The number of nitrogens with one attached hydrogen (secondary N) is 2. The molecule has 0 aromatic carbocycles. The maximum Gasteiger partial charge on any atom is 0.255 e. The molecule has 0 spiro atoms. The lowest BCUT2D eigenvalue weighted by molar-refractivity contribution is -0.142. The van der Waals surface area contributed by atoms with E-state index in [1.54, 1.807) is 18.0 Å². The van der Waals surface area contributed by atoms with Crippen molar-refractivity contribution in [2.45, 2.75) is 50.2 Å². The molecule has 4 aliphatic heterocycles. The summed E-state index contributed by atoms with van der Waals surface area (Å²) in [6, 6.07) is -0.107. The summed E-state index contributed by atoms with van der Waals surface area (Å²) in [5, 5.41) is 5.89. The van der Waals surface area contributed by atoms with Crippen LogP contribution in [0.1, 0.15) is 42.5 Å². The second-order valence-corrected chi connectivity index (χ2v) is 12.4. The number of amides is 5. The molecule has 0 unspecified atom stereocenters. The number of rotatable bonds is 6. The molecule has 0 radical (unpaired) electrons. The van der Waals surface area contributed by atoms with E-state index in [1.807, 2.05) is 4.90 Å². The van der Waals surface area contributed by atoms with Gasteiger partial charge in [0.2, 0.25) is 23.6 Å². The van der Waals surface area contributed by atoms with Gasteiger partial charge in [-0.2, -0.15) is 0 Å². The van der Waals surface area contributed by atoms with Gasteiger partial charge in [0.15, 0.2) is 0 Å². The fourth-order valence-electron chi connectivity index (χ4n) is 6.49. The standard InChI is InChI=1S/C30H44N8O6/c1-34-16-25(33-27(40)18-37-9-5-6-10-37)30(43)35(2)19-28(41)38-15-22(32-26(39)17-36-7-3-4-8-36)12-23(38)20-44-24-11-21(29(34)42)13-31-14-24/h11,13-14,22-23,25H,3-10,12,15-20H2,1-2H3,(H,32,39)(H,33,40)/t22-,23-,25-/m0/s1. The average molecular weight is 613 g/mol. The minimum Gasteiger partial charge on any atom is -0.490 e. The van der Waals surface area contributed by atoms with E-state index in [-0.39, 0.29) is 74.1 Å². The molecule has 0 aliphatic carbocycles. The summed E-state index contributed by atoms with van der Waals surface area (Å²) in [6.45, 7) is 4.04. The van der Waals surface area contributed by atoms with Gasteiger partial charge in [0.25, 0.3) is 5.91 Å². The van der Waals surface area contributed by atoms with Crippen molar-refractivity contribution in [3.05, 3.63) is 24.0 Å². The van der Waals surface area contributed by atoms with E-state index in [0.29, 0.717) is 18.7 Å². The van der Waals surface area contributed by atoms with Gasteiger partial charge < -0.3 is 30.1 Å². The van der Waals surface area contributed by atoms with Crippen molar-refractivity contribution in [2.75, 3.05) is 79.6 Å². The molecule has 14 heteroatoms. The molecule has 4 aliphatic rings. The van der Waals surface area contributed by atoms with Crippen LogP contribution in [0.4, 0.5) is 0 Å². The maximum absolute atomic E-state index is 13.7. The zero-order valence-electron chi connectivity index (χ0n) is 25.7. The molecule has 1 aromatic heterocycles. The Morgan fingerprint density at radius 2 is 1.52 bits per heavy atom. The van der Waals surface area contributed by atoms with E-state index in [4.69, 9.17) is 4.74 Å². The Bertz CT molecular complexity index is 1230. The molecular weight excluding hydrogens is 568 g/mol. The number of hydrogen-bond acceptors (Lipinski definition) is 9. The Kier molecular flexibility index (Phi) is 10.3. The lowest BCUT2D eigenvalue weighted by Crippen LogP contribution is -2.56. The third-order valence-electron chi connectivity index (χ3n) is 8.82. The quantitative estimate of drug-likeness (QED) is 0.403. The number of pyridine rings is 1. The minimum absolute atomic E-state index is 0.0765. The maximum atomic E-state index is 13.7. The summed E-state index contributed by atoms with van der Waals surface area (Å²) in [7, 11) is 3.07. The van der Waals surface area contributed by atoms with Crippen LogP contribution < -0.4 is 15.4 Å². The number of carbonyl (C=O) groups is 5. The molecule has 3 saturated heterocycles. The van der Waals surface area contributed by atoms with Crippen LogP contribution in [0.2, 0.25) is 0 Å². The normalized spacial score (nSPS) is 25.8. The summed E-state index contributed by atoms with van der Waals surface area (Å²) in [4.78, 5) is 79.0. The van der Waals surface area contributed by atoms with Crippen LogP contribution >= 0.6 is 0 Å². The minimum atomic E-state index is -1.05. The zero-order chi connectivity index (χ0) is 31.2. The van der Waals surface area contributed by atoms with Crippen molar-refractivity contribution in [1.82, 2.24) is 40.1 Å². The van der Waals surface area contributed by atoms with Gasteiger partial charge in [-0.3, -0.25) is 38.8 Å². The first-order valence-electron chi connectivity index (χ1n) is 15.6. The molecule has 240 valence electrons. The van der Waals surface area contributed by atoms with Gasteiger partial charge in [-0.1, -0.05) is 0 Å². The Balaban J connectivity index is 1.33. The van der Waals surface area contributed by atoms with Crippen LogP contribution in [0.15, 0.2) is 18.5 Å². The van der Waals surface area contributed by atoms with Crippen molar-refractivity contribution in [3.63, 3.8) is 0 Å². The second-order valence-electron chi connectivity index (χ2n) is 12.4. The zero-order valence-corrected chi connectivity index (χ0v) is 25.7. The Labute approximate surface area is 258 Å². The number of likely N-dealkylation sites (N-methyl/N-ethyl adjacent to an activating group) is 2. The molecule has 3 atom stereocenters. The van der Waals surface area contributed by atoms with Crippen LogP contribution in [0.3, 0.4) is 0 Å². The van der Waals surface area contributed by atoms with E-state index in [0.717, 1.165) is 51.9 Å². The summed E-state index contributed by atoms with van der Waals surface area (Å²) in [6.07, 6.45) is 7.64. The van der Waals surface area contributed by atoms with Crippen molar-refractivity contribution in [2.24, 2.45) is 0 Å². The first kappa shape index (κ1) is 31.6. The molecule has 5 amide bonds. The highest BCUT2D eigenvalue weighted by Crippen LogP contribution is 2.22. The number of carbonyl (C=O) groups excluding carboxylic acids is 5. The number of ether oxygens (including phenoxy) is 1. The third-order valence-corrected chi connectivity index (χ3v) is 8.82. The molecule has 44 heavy (non-hydrogen) atoms. The fraction of sp³-hybridized carbons (Fsp3) is 0.667. The average Bonchev–Trinajstić information content (AvgIpc) is 3.78. The summed E-state index contributed by atoms with van der Waals surface area (Å²) >= 11 is 0. The Morgan fingerprint density at radius 1 is 0.886 bits per heavy atom. The number of aromatic nitrogens is 1. The highest BCUT2D eigenvalue weighted by atomic mass is 16.5. The molecule has 2 bridgehead atoms. The topological polar surface area (TPSA) is 148 Å². The smallest absolute Gasteiger partial charge is 0.255 e. The second kappa shape index (κ2) is 14.3. The molecule has 1 aromatic rings. The van der Waals surface area contributed by atoms with Gasteiger partial charge in [-0.15, -0.1) is 0 Å². The predicted octanol–water partition coefficient (Wildman–Crippen LogP) is -1.23. The van der Waals surface area contributed by atoms with E-state index in [1.165, 1.54) is 29.2 Å². The van der Waals surface area contributed by atoms with E-state index >= 15 is 0 Å². The van der Waals surface area contributed by atoms with Gasteiger partial charge >= 0.3 is 0 Å². The van der Waals surface area contributed by atoms with Gasteiger partial charge in [0.05, 0.1) is 37.4 Å². The molecule has 2 N–H and O–H groups in total. The lowest BCUT2D eigenvalue weighted by atomic mass is 10.1. The summed E-state index contributed by atoms with van der Waals surface area (Å²) in [5.41, 5.74) is 0.272. The fourth-order valence-corrected chi connectivity index (χ4v) is 6.49. The molecule has 0 saturated carbocycles. The van der Waals surface area contributed by atoms with Gasteiger partial charge in [0, 0.05) is 39.4 Å². The van der Waals surface area contributed by atoms with Gasteiger partial charge in [-0.25, -0.2) is 0 Å². The number of hydrogen-bond donors (Lipinski definition) is 2. The van der Waals surface area contributed by atoms with Crippen LogP contribution in [-0.4, -0.2) is 157 Å². The molecule has 5 rings (SSSR count). The van der Waals surface area contributed by atoms with Gasteiger partial charge in [0.1, 0.15) is 18.4 Å². The highest BCUT2D eigenvalue weighted by Gasteiger charge is 2.38. The first-order valence-corrected chi connectivity index (χ1v) is 15.6.